The summed E-state index contributed by atoms with van der Waals surface area (Å²) in [5.41, 5.74) is 2.10. The van der Waals surface area contributed by atoms with Crippen molar-refractivity contribution >= 4 is 17.1 Å². The highest BCUT2D eigenvalue weighted by Gasteiger charge is 2.28. The molecule has 0 saturated carbocycles. The normalized spacial score (nSPS) is 18.5. The fourth-order valence-electron chi connectivity index (χ4n) is 3.37. The van der Waals surface area contributed by atoms with Gasteiger partial charge in [0, 0.05) is 39.3 Å². The molecular formula is C17H23N3O3. The lowest BCUT2D eigenvalue weighted by molar-refractivity contribution is 0.129. The van der Waals surface area contributed by atoms with Gasteiger partial charge in [0.25, 0.3) is 0 Å². The Morgan fingerprint density at radius 1 is 1.43 bits per heavy atom. The number of carboxylic acid groups (broad SMARTS) is 1. The smallest absolute Gasteiger partial charge is 0.407 e. The van der Waals surface area contributed by atoms with Gasteiger partial charge >= 0.3 is 6.09 Å². The summed E-state index contributed by atoms with van der Waals surface area (Å²) >= 11 is 0. The van der Waals surface area contributed by atoms with Gasteiger partial charge in [-0.15, -0.1) is 0 Å². The van der Waals surface area contributed by atoms with E-state index >= 15 is 0 Å². The maximum absolute atomic E-state index is 11.3. The molecule has 0 bridgehead atoms. The lowest BCUT2D eigenvalue weighted by atomic mass is 9.97. The Bertz CT molecular complexity index is 683. The number of hydrogen-bond acceptors (Lipinski definition) is 3. The molecule has 0 radical (unpaired) electrons. The van der Waals surface area contributed by atoms with Gasteiger partial charge in [-0.05, 0) is 31.4 Å². The van der Waals surface area contributed by atoms with Crippen LogP contribution < -0.4 is 0 Å². The van der Waals surface area contributed by atoms with Crippen molar-refractivity contribution < 1.29 is 14.6 Å². The van der Waals surface area contributed by atoms with Crippen molar-refractivity contribution in [1.82, 2.24) is 14.5 Å². The minimum Gasteiger partial charge on any atom is -0.465 e. The highest BCUT2D eigenvalue weighted by atomic mass is 16.5. The summed E-state index contributed by atoms with van der Waals surface area (Å²) in [7, 11) is 1.71. The number of likely N-dealkylation sites (tertiary alicyclic amines) is 1. The third kappa shape index (κ3) is 3.32. The van der Waals surface area contributed by atoms with Crippen LogP contribution in [-0.4, -0.2) is 52.5 Å². The summed E-state index contributed by atoms with van der Waals surface area (Å²) in [6.07, 6.45) is 1.95. The Kier molecular flexibility index (Phi) is 4.81. The number of hydrogen-bond donors (Lipinski definition) is 1. The van der Waals surface area contributed by atoms with Gasteiger partial charge in [0.1, 0.15) is 5.82 Å². The fraction of sp³-hybridized carbons (Fsp3) is 0.529. The Morgan fingerprint density at radius 3 is 3.04 bits per heavy atom. The molecule has 1 aliphatic heterocycles. The van der Waals surface area contributed by atoms with Gasteiger partial charge in [-0.3, -0.25) is 0 Å². The Morgan fingerprint density at radius 2 is 2.26 bits per heavy atom. The van der Waals surface area contributed by atoms with Gasteiger partial charge < -0.3 is 19.3 Å². The molecule has 1 saturated heterocycles. The average Bonchev–Trinajstić information content (AvgIpc) is 2.94. The fourth-order valence-corrected chi connectivity index (χ4v) is 3.37. The lowest BCUT2D eigenvalue weighted by Gasteiger charge is -2.30. The topological polar surface area (TPSA) is 67.6 Å². The van der Waals surface area contributed by atoms with Crippen molar-refractivity contribution in [2.75, 3.05) is 26.8 Å². The number of piperidine rings is 1. The number of imidazole rings is 1. The number of nitrogens with zero attached hydrogens (tertiary/aromatic N) is 3. The van der Waals surface area contributed by atoms with Gasteiger partial charge in [-0.25, -0.2) is 9.78 Å². The van der Waals surface area contributed by atoms with Crippen LogP contribution in [0.2, 0.25) is 0 Å². The molecule has 1 aliphatic rings. The summed E-state index contributed by atoms with van der Waals surface area (Å²) in [4.78, 5) is 17.6. The van der Waals surface area contributed by atoms with E-state index in [2.05, 4.69) is 10.6 Å². The first-order valence-electron chi connectivity index (χ1n) is 8.12. The summed E-state index contributed by atoms with van der Waals surface area (Å²) < 4.78 is 7.41. The molecule has 1 aromatic carbocycles. The van der Waals surface area contributed by atoms with E-state index in [1.807, 2.05) is 18.2 Å². The molecule has 1 unspecified atom stereocenters. The van der Waals surface area contributed by atoms with Gasteiger partial charge in [0.2, 0.25) is 0 Å². The van der Waals surface area contributed by atoms with Crippen molar-refractivity contribution in [2.45, 2.75) is 31.7 Å². The second-order valence-corrected chi connectivity index (χ2v) is 6.02. The maximum atomic E-state index is 11.3. The quantitative estimate of drug-likeness (QED) is 0.861. The molecular weight excluding hydrogens is 294 g/mol. The molecule has 1 N–H and O–H groups in total. The van der Waals surface area contributed by atoms with Crippen LogP contribution in [0.15, 0.2) is 24.3 Å². The van der Waals surface area contributed by atoms with E-state index in [1.165, 1.54) is 4.90 Å². The van der Waals surface area contributed by atoms with E-state index in [0.717, 1.165) is 42.7 Å². The first kappa shape index (κ1) is 15.8. The second-order valence-electron chi connectivity index (χ2n) is 6.02. The number of ether oxygens (including phenoxy) is 1. The first-order chi connectivity index (χ1) is 11.2. The third-order valence-corrected chi connectivity index (χ3v) is 4.47. The Balaban J connectivity index is 1.92. The van der Waals surface area contributed by atoms with E-state index in [9.17, 15) is 9.90 Å². The summed E-state index contributed by atoms with van der Waals surface area (Å²) in [6.45, 7) is 2.70. The molecule has 3 rings (SSSR count). The molecule has 2 aromatic rings. The lowest BCUT2D eigenvalue weighted by Crippen LogP contribution is -2.38. The predicted molar refractivity (Wildman–Crippen MR) is 87.8 cm³/mol. The van der Waals surface area contributed by atoms with Crippen LogP contribution in [0.25, 0.3) is 11.0 Å². The number of aromatic nitrogens is 2. The van der Waals surface area contributed by atoms with E-state index in [1.54, 1.807) is 7.11 Å². The van der Waals surface area contributed by atoms with Crippen LogP contribution >= 0.6 is 0 Å². The summed E-state index contributed by atoms with van der Waals surface area (Å²) in [5, 5.41) is 9.27. The molecule has 1 fully saturated rings. The van der Waals surface area contributed by atoms with Gasteiger partial charge in [-0.2, -0.15) is 0 Å². The van der Waals surface area contributed by atoms with Gasteiger partial charge in [-0.1, -0.05) is 12.1 Å². The molecule has 1 atom stereocenters. The van der Waals surface area contributed by atoms with Crippen LogP contribution in [0.4, 0.5) is 4.79 Å². The predicted octanol–water partition coefficient (Wildman–Crippen LogP) is 2.93. The van der Waals surface area contributed by atoms with E-state index in [4.69, 9.17) is 9.72 Å². The number of benzene rings is 1. The van der Waals surface area contributed by atoms with Crippen molar-refractivity contribution in [2.24, 2.45) is 0 Å². The molecule has 1 amide bonds. The third-order valence-electron chi connectivity index (χ3n) is 4.47. The summed E-state index contributed by atoms with van der Waals surface area (Å²) in [5.74, 6) is 1.17. The molecule has 6 heteroatoms. The van der Waals surface area contributed by atoms with Crippen LogP contribution in [0, 0.1) is 0 Å². The number of rotatable bonds is 5. The second kappa shape index (κ2) is 7.00. The molecule has 23 heavy (non-hydrogen) atoms. The number of carbonyl (C=O) groups is 1. The number of amides is 1. The molecule has 2 heterocycles. The zero-order valence-corrected chi connectivity index (χ0v) is 13.4. The standard InChI is InChI=1S/C17H23N3O3/c1-23-11-5-10-20-15-8-3-2-7-14(15)18-16(20)13-6-4-9-19(12-13)17(21)22/h2-3,7-8,13H,4-6,9-12H2,1H3,(H,21,22). The van der Waals surface area contributed by atoms with Crippen LogP contribution in [-0.2, 0) is 11.3 Å². The molecule has 124 valence electrons. The van der Waals surface area contributed by atoms with E-state index in [0.29, 0.717) is 19.7 Å². The van der Waals surface area contributed by atoms with Crippen LogP contribution in [0.5, 0.6) is 0 Å². The SMILES string of the molecule is COCCCn1c(C2CCCN(C(=O)O)C2)nc2ccccc21. The molecule has 6 nitrogen and oxygen atoms in total. The van der Waals surface area contributed by atoms with Crippen LogP contribution in [0.1, 0.15) is 31.0 Å². The Labute approximate surface area is 135 Å². The number of fused-ring (bicyclic) bond motifs is 1. The highest BCUT2D eigenvalue weighted by Crippen LogP contribution is 2.29. The zero-order chi connectivity index (χ0) is 16.2. The first-order valence-corrected chi connectivity index (χ1v) is 8.12. The van der Waals surface area contributed by atoms with E-state index in [-0.39, 0.29) is 5.92 Å². The largest absolute Gasteiger partial charge is 0.465 e. The minimum absolute atomic E-state index is 0.162. The molecule has 0 aliphatic carbocycles. The minimum atomic E-state index is -0.836. The van der Waals surface area contributed by atoms with Gasteiger partial charge in [0.05, 0.1) is 11.0 Å². The average molecular weight is 317 g/mol. The van der Waals surface area contributed by atoms with Crippen molar-refractivity contribution in [3.8, 4) is 0 Å². The van der Waals surface area contributed by atoms with Crippen molar-refractivity contribution in [3.63, 3.8) is 0 Å². The van der Waals surface area contributed by atoms with Crippen molar-refractivity contribution in [1.29, 1.82) is 0 Å². The summed E-state index contributed by atoms with van der Waals surface area (Å²) in [6, 6.07) is 8.11. The number of methoxy groups -OCH3 is 1. The highest BCUT2D eigenvalue weighted by molar-refractivity contribution is 5.76. The monoisotopic (exact) mass is 317 g/mol. The molecule has 0 spiro atoms. The Hall–Kier alpha value is -2.08. The van der Waals surface area contributed by atoms with Crippen molar-refractivity contribution in [3.05, 3.63) is 30.1 Å². The maximum Gasteiger partial charge on any atom is 0.407 e. The van der Waals surface area contributed by atoms with E-state index < -0.39 is 6.09 Å². The number of para-hydroxylation sites is 2. The van der Waals surface area contributed by atoms with Crippen LogP contribution in [0.3, 0.4) is 0 Å². The van der Waals surface area contributed by atoms with Gasteiger partial charge in [0.15, 0.2) is 0 Å². The molecule has 1 aromatic heterocycles. The zero-order valence-electron chi connectivity index (χ0n) is 13.4. The number of aryl methyl sites for hydroxylation is 1.